The van der Waals surface area contributed by atoms with Crippen LogP contribution in [0.25, 0.3) is 0 Å². The van der Waals surface area contributed by atoms with Gasteiger partial charge in [0.15, 0.2) is 11.6 Å². The SMILES string of the molecule is CC1=CC(=O)C(C(C)C)=CC1=NC(=NS(=O)(=O)c1ccccc1)c1ccccc1. The highest BCUT2D eigenvalue weighted by Gasteiger charge is 2.20. The Morgan fingerprint density at radius 2 is 1.48 bits per heavy atom. The van der Waals surface area contributed by atoms with Gasteiger partial charge in [0, 0.05) is 11.1 Å². The van der Waals surface area contributed by atoms with Crippen LogP contribution in [0.1, 0.15) is 26.3 Å². The second-order valence-corrected chi connectivity index (χ2v) is 8.62. The molecule has 0 radical (unpaired) electrons. The monoisotopic (exact) mass is 406 g/mol. The van der Waals surface area contributed by atoms with Crippen molar-refractivity contribution in [1.29, 1.82) is 0 Å². The molecule has 0 aromatic heterocycles. The number of amidine groups is 1. The number of sulfonamides is 1. The van der Waals surface area contributed by atoms with Crippen LogP contribution in [-0.2, 0) is 14.8 Å². The number of benzene rings is 2. The number of carbonyl (C=O) groups excluding carboxylic acids is 1. The highest BCUT2D eigenvalue weighted by molar-refractivity contribution is 7.90. The Bertz CT molecular complexity index is 1140. The van der Waals surface area contributed by atoms with E-state index >= 15 is 0 Å². The fraction of sp³-hybridized carbons (Fsp3) is 0.174. The number of aliphatic imine (C=N–C) groups is 1. The third-order valence-electron chi connectivity index (χ3n) is 4.46. The maximum atomic E-state index is 12.8. The zero-order chi connectivity index (χ0) is 21.0. The van der Waals surface area contributed by atoms with Gasteiger partial charge < -0.3 is 0 Å². The summed E-state index contributed by atoms with van der Waals surface area (Å²) in [7, 11) is -3.94. The third kappa shape index (κ3) is 4.84. The van der Waals surface area contributed by atoms with E-state index in [1.807, 2.05) is 19.9 Å². The van der Waals surface area contributed by atoms with Crippen molar-refractivity contribution in [2.24, 2.45) is 15.3 Å². The van der Waals surface area contributed by atoms with Crippen LogP contribution in [0.5, 0.6) is 0 Å². The van der Waals surface area contributed by atoms with Crippen LogP contribution < -0.4 is 0 Å². The van der Waals surface area contributed by atoms with Crippen molar-refractivity contribution in [3.63, 3.8) is 0 Å². The van der Waals surface area contributed by atoms with E-state index in [0.717, 1.165) is 0 Å². The summed E-state index contributed by atoms with van der Waals surface area (Å²) in [5, 5.41) is 0. The van der Waals surface area contributed by atoms with E-state index in [9.17, 15) is 13.2 Å². The number of rotatable bonds is 4. The molecule has 0 saturated heterocycles. The molecule has 0 spiro atoms. The molecule has 6 heteroatoms. The molecule has 0 fully saturated rings. The summed E-state index contributed by atoms with van der Waals surface area (Å²) in [6, 6.07) is 17.0. The van der Waals surface area contributed by atoms with Gasteiger partial charge in [-0.2, -0.15) is 8.42 Å². The highest BCUT2D eigenvalue weighted by Crippen LogP contribution is 2.21. The van der Waals surface area contributed by atoms with Gasteiger partial charge in [-0.05, 0) is 42.7 Å². The fourth-order valence-corrected chi connectivity index (χ4v) is 3.84. The van der Waals surface area contributed by atoms with Crippen molar-refractivity contribution in [3.05, 3.63) is 89.5 Å². The molecule has 0 heterocycles. The molecule has 3 rings (SSSR count). The molecule has 2 aromatic rings. The molecule has 0 unspecified atom stereocenters. The van der Waals surface area contributed by atoms with Gasteiger partial charge in [0.1, 0.15) is 0 Å². The second-order valence-electron chi connectivity index (χ2n) is 7.01. The number of allylic oxidation sites excluding steroid dienone is 4. The van der Waals surface area contributed by atoms with Crippen molar-refractivity contribution >= 4 is 27.4 Å². The number of carbonyl (C=O) groups is 1. The molecular weight excluding hydrogens is 384 g/mol. The molecule has 0 saturated carbocycles. The second kappa shape index (κ2) is 8.49. The minimum Gasteiger partial charge on any atom is -0.290 e. The number of ketones is 1. The quantitative estimate of drug-likeness (QED) is 0.430. The van der Waals surface area contributed by atoms with Crippen LogP contribution in [0.15, 0.2) is 98.2 Å². The molecule has 0 N–H and O–H groups in total. The molecule has 0 bridgehead atoms. The lowest BCUT2D eigenvalue weighted by molar-refractivity contribution is -0.111. The van der Waals surface area contributed by atoms with Gasteiger partial charge in [-0.3, -0.25) is 4.79 Å². The minimum absolute atomic E-state index is 0.0298. The van der Waals surface area contributed by atoms with E-state index in [2.05, 4.69) is 9.39 Å². The van der Waals surface area contributed by atoms with Crippen LogP contribution >= 0.6 is 0 Å². The average Bonchev–Trinajstić information content (AvgIpc) is 2.70. The van der Waals surface area contributed by atoms with Crippen LogP contribution in [0.2, 0.25) is 0 Å². The fourth-order valence-electron chi connectivity index (χ4n) is 2.86. The maximum Gasteiger partial charge on any atom is 0.284 e. The van der Waals surface area contributed by atoms with E-state index in [-0.39, 0.29) is 22.4 Å². The van der Waals surface area contributed by atoms with E-state index in [1.54, 1.807) is 55.5 Å². The van der Waals surface area contributed by atoms with E-state index in [4.69, 9.17) is 0 Å². The van der Waals surface area contributed by atoms with Gasteiger partial charge in [0.25, 0.3) is 10.0 Å². The van der Waals surface area contributed by atoms with Gasteiger partial charge in [-0.15, -0.1) is 4.40 Å². The molecule has 2 aromatic carbocycles. The molecule has 0 aliphatic heterocycles. The first-order chi connectivity index (χ1) is 13.8. The van der Waals surface area contributed by atoms with Gasteiger partial charge in [0.2, 0.25) is 0 Å². The molecule has 1 aliphatic carbocycles. The van der Waals surface area contributed by atoms with Crippen LogP contribution in [0.4, 0.5) is 0 Å². The van der Waals surface area contributed by atoms with Gasteiger partial charge in [0.05, 0.1) is 10.6 Å². The van der Waals surface area contributed by atoms with Gasteiger partial charge in [-0.25, -0.2) is 4.99 Å². The normalized spacial score (nSPS) is 16.8. The summed E-state index contributed by atoms with van der Waals surface area (Å²) in [6.07, 6.45) is 3.25. The highest BCUT2D eigenvalue weighted by atomic mass is 32.2. The Morgan fingerprint density at radius 3 is 2.07 bits per heavy atom. The van der Waals surface area contributed by atoms with Crippen LogP contribution in [-0.4, -0.2) is 25.7 Å². The Labute approximate surface area is 171 Å². The molecule has 148 valence electrons. The van der Waals surface area contributed by atoms with Crippen molar-refractivity contribution in [2.75, 3.05) is 0 Å². The Kier molecular flexibility index (Phi) is 6.03. The van der Waals surface area contributed by atoms with Gasteiger partial charge >= 0.3 is 0 Å². The van der Waals surface area contributed by atoms with Crippen LogP contribution in [0, 0.1) is 5.92 Å². The predicted molar refractivity (Wildman–Crippen MR) is 116 cm³/mol. The first-order valence-corrected chi connectivity index (χ1v) is 10.7. The summed E-state index contributed by atoms with van der Waals surface area (Å²) >= 11 is 0. The molecule has 1 aliphatic rings. The van der Waals surface area contributed by atoms with Crippen molar-refractivity contribution in [1.82, 2.24) is 0 Å². The third-order valence-corrected chi connectivity index (χ3v) is 5.74. The van der Waals surface area contributed by atoms with E-state index in [1.165, 1.54) is 18.2 Å². The summed E-state index contributed by atoms with van der Waals surface area (Å²) in [5.41, 5.74) is 2.40. The standard InChI is InChI=1S/C23H22N2O3S/c1-16(2)20-15-21(17(3)14-22(20)26)24-23(18-10-6-4-7-11-18)25-29(27,28)19-12-8-5-9-13-19/h4-16H,1-3H3. The summed E-state index contributed by atoms with van der Waals surface area (Å²) < 4.78 is 29.7. The zero-order valence-electron chi connectivity index (χ0n) is 16.5. The summed E-state index contributed by atoms with van der Waals surface area (Å²) in [5.74, 6) is 0.0553. The lowest BCUT2D eigenvalue weighted by atomic mass is 9.90. The van der Waals surface area contributed by atoms with Crippen LogP contribution in [0.3, 0.4) is 0 Å². The van der Waals surface area contributed by atoms with Crippen molar-refractivity contribution < 1.29 is 13.2 Å². The van der Waals surface area contributed by atoms with E-state index in [0.29, 0.717) is 22.4 Å². The minimum atomic E-state index is -3.94. The number of hydrogen-bond donors (Lipinski definition) is 0. The smallest absolute Gasteiger partial charge is 0.284 e. The Morgan fingerprint density at radius 1 is 0.897 bits per heavy atom. The molecule has 0 atom stereocenters. The largest absolute Gasteiger partial charge is 0.290 e. The topological polar surface area (TPSA) is 75.9 Å². The number of hydrogen-bond acceptors (Lipinski definition) is 3. The predicted octanol–water partition coefficient (Wildman–Crippen LogP) is 4.37. The summed E-state index contributed by atoms with van der Waals surface area (Å²) in [4.78, 5) is 16.9. The van der Waals surface area contributed by atoms with Crippen molar-refractivity contribution in [2.45, 2.75) is 25.7 Å². The lowest BCUT2D eigenvalue weighted by Crippen LogP contribution is -2.17. The maximum absolute atomic E-state index is 12.8. The van der Waals surface area contributed by atoms with Crippen molar-refractivity contribution in [3.8, 4) is 0 Å². The summed E-state index contributed by atoms with van der Waals surface area (Å²) in [6.45, 7) is 5.64. The first-order valence-electron chi connectivity index (χ1n) is 9.26. The Balaban J connectivity index is 2.17. The molecule has 5 nitrogen and oxygen atoms in total. The molecular formula is C23H22N2O3S. The number of nitrogens with zero attached hydrogens (tertiary/aromatic N) is 2. The Hall–Kier alpha value is -3.12. The first kappa shape index (κ1) is 20.6. The molecule has 29 heavy (non-hydrogen) atoms. The zero-order valence-corrected chi connectivity index (χ0v) is 17.3. The lowest BCUT2D eigenvalue weighted by Gasteiger charge is -2.15. The van der Waals surface area contributed by atoms with Gasteiger partial charge in [-0.1, -0.05) is 62.4 Å². The van der Waals surface area contributed by atoms with E-state index < -0.39 is 10.0 Å². The average molecular weight is 407 g/mol. The molecule has 0 amide bonds.